The Kier molecular flexibility index (Phi) is 8.97. The first-order chi connectivity index (χ1) is 18.8. The largest absolute Gasteiger partial charge is 0.309 e. The van der Waals surface area contributed by atoms with Gasteiger partial charge in [0, 0.05) is 16.5 Å². The molecule has 5 aromatic rings. The SMILES string of the molecule is CCCCCCc1cc(CCCCCC)cc(-n2c3ccccc3c3ccc(Cc4ccccc4)cc32)c1. The number of benzene rings is 4. The van der Waals surface area contributed by atoms with Crippen molar-refractivity contribution in [1.29, 1.82) is 0 Å². The van der Waals surface area contributed by atoms with Gasteiger partial charge in [-0.1, -0.05) is 119 Å². The highest BCUT2D eigenvalue weighted by atomic mass is 15.0. The number of nitrogens with zero attached hydrogens (tertiary/aromatic N) is 1. The maximum atomic E-state index is 2.53. The van der Waals surface area contributed by atoms with Gasteiger partial charge < -0.3 is 4.57 Å². The average Bonchev–Trinajstić information content (AvgIpc) is 3.28. The van der Waals surface area contributed by atoms with Crippen LogP contribution in [-0.4, -0.2) is 4.57 Å². The summed E-state index contributed by atoms with van der Waals surface area (Å²) in [6, 6.07) is 34.3. The third-order valence-electron chi connectivity index (χ3n) is 7.92. The zero-order valence-corrected chi connectivity index (χ0v) is 23.4. The number of rotatable bonds is 13. The topological polar surface area (TPSA) is 4.93 Å². The van der Waals surface area contributed by atoms with Gasteiger partial charge in [0.1, 0.15) is 0 Å². The van der Waals surface area contributed by atoms with Crippen molar-refractivity contribution >= 4 is 21.8 Å². The number of unbranched alkanes of at least 4 members (excludes halogenated alkanes) is 6. The van der Waals surface area contributed by atoms with E-state index >= 15 is 0 Å². The molecule has 0 aliphatic carbocycles. The van der Waals surface area contributed by atoms with Crippen LogP contribution in [0.2, 0.25) is 0 Å². The minimum atomic E-state index is 0.957. The van der Waals surface area contributed by atoms with Crippen LogP contribution in [0.1, 0.15) is 87.5 Å². The van der Waals surface area contributed by atoms with E-state index in [9.17, 15) is 0 Å². The summed E-state index contributed by atoms with van der Waals surface area (Å²) in [5.41, 5.74) is 9.66. The van der Waals surface area contributed by atoms with Crippen molar-refractivity contribution in [2.24, 2.45) is 0 Å². The van der Waals surface area contributed by atoms with Crippen molar-refractivity contribution in [2.75, 3.05) is 0 Å². The molecule has 0 fully saturated rings. The van der Waals surface area contributed by atoms with Crippen molar-refractivity contribution in [3.05, 3.63) is 113 Å². The molecule has 0 radical (unpaired) electrons. The summed E-state index contributed by atoms with van der Waals surface area (Å²) in [6.45, 7) is 4.59. The third-order valence-corrected chi connectivity index (χ3v) is 7.92. The summed E-state index contributed by atoms with van der Waals surface area (Å²) < 4.78 is 2.53. The second kappa shape index (κ2) is 13.0. The van der Waals surface area contributed by atoms with E-state index in [0.29, 0.717) is 0 Å². The summed E-state index contributed by atoms with van der Waals surface area (Å²) in [5.74, 6) is 0. The zero-order valence-electron chi connectivity index (χ0n) is 23.4. The summed E-state index contributed by atoms with van der Waals surface area (Å²) in [6.07, 6.45) is 13.8. The molecular weight excluding hydrogens is 458 g/mol. The minimum absolute atomic E-state index is 0.957. The molecule has 0 amide bonds. The number of hydrogen-bond donors (Lipinski definition) is 0. The van der Waals surface area contributed by atoms with E-state index in [1.54, 1.807) is 0 Å². The van der Waals surface area contributed by atoms with E-state index < -0.39 is 0 Å². The Labute approximate surface area is 229 Å². The molecule has 0 bridgehead atoms. The molecule has 0 spiro atoms. The zero-order chi connectivity index (χ0) is 26.2. The lowest BCUT2D eigenvalue weighted by molar-refractivity contribution is 0.661. The van der Waals surface area contributed by atoms with Gasteiger partial charge in [0.15, 0.2) is 0 Å². The summed E-state index contributed by atoms with van der Waals surface area (Å²) in [4.78, 5) is 0. The molecule has 0 aliphatic heterocycles. The molecule has 0 N–H and O–H groups in total. The normalized spacial score (nSPS) is 11.5. The van der Waals surface area contributed by atoms with E-state index in [-0.39, 0.29) is 0 Å². The van der Waals surface area contributed by atoms with E-state index in [2.05, 4.69) is 109 Å². The van der Waals surface area contributed by atoms with Crippen LogP contribution in [0.5, 0.6) is 0 Å². The fraction of sp³-hybridized carbons (Fsp3) is 0.351. The van der Waals surface area contributed by atoms with Gasteiger partial charge in [0.05, 0.1) is 11.0 Å². The van der Waals surface area contributed by atoms with E-state index in [0.717, 1.165) is 6.42 Å². The molecule has 0 saturated heterocycles. The van der Waals surface area contributed by atoms with Gasteiger partial charge in [0.2, 0.25) is 0 Å². The van der Waals surface area contributed by atoms with Gasteiger partial charge in [-0.2, -0.15) is 0 Å². The molecule has 1 heterocycles. The molecule has 1 heteroatoms. The van der Waals surface area contributed by atoms with Crippen LogP contribution in [0.15, 0.2) is 91.0 Å². The van der Waals surface area contributed by atoms with Crippen molar-refractivity contribution < 1.29 is 0 Å². The molecule has 0 unspecified atom stereocenters. The Balaban J connectivity index is 1.58. The fourth-order valence-corrected chi connectivity index (χ4v) is 5.91. The molecule has 1 aromatic heterocycles. The third kappa shape index (κ3) is 6.21. The van der Waals surface area contributed by atoms with Crippen molar-refractivity contribution in [2.45, 2.75) is 84.5 Å². The maximum absolute atomic E-state index is 2.53. The van der Waals surface area contributed by atoms with Crippen LogP contribution in [0.4, 0.5) is 0 Å². The lowest BCUT2D eigenvalue weighted by Gasteiger charge is -2.14. The maximum Gasteiger partial charge on any atom is 0.0543 e. The first-order valence-corrected chi connectivity index (χ1v) is 15.0. The minimum Gasteiger partial charge on any atom is -0.309 e. The van der Waals surface area contributed by atoms with E-state index in [4.69, 9.17) is 0 Å². The molecule has 0 atom stereocenters. The quantitative estimate of drug-likeness (QED) is 0.141. The Morgan fingerprint density at radius 2 is 1.11 bits per heavy atom. The van der Waals surface area contributed by atoms with Crippen molar-refractivity contribution in [1.82, 2.24) is 4.57 Å². The van der Waals surface area contributed by atoms with Crippen molar-refractivity contribution in [3.8, 4) is 5.69 Å². The first-order valence-electron chi connectivity index (χ1n) is 15.0. The van der Waals surface area contributed by atoms with Crippen LogP contribution in [0.25, 0.3) is 27.5 Å². The Hall–Kier alpha value is -3.32. The fourth-order valence-electron chi connectivity index (χ4n) is 5.91. The van der Waals surface area contributed by atoms with Crippen LogP contribution in [0, 0.1) is 0 Å². The number of aromatic nitrogens is 1. The van der Waals surface area contributed by atoms with Crippen LogP contribution < -0.4 is 0 Å². The monoisotopic (exact) mass is 501 g/mol. The predicted molar refractivity (Wildman–Crippen MR) is 166 cm³/mol. The molecule has 38 heavy (non-hydrogen) atoms. The standard InChI is InChI=1S/C37H43N/c1-3-5-7-10-18-30-25-31(19-11-8-6-4-2)27-33(26-30)38-36-21-15-14-20-34(36)35-23-22-32(28-37(35)38)24-29-16-12-9-13-17-29/h9,12-17,20-23,25-28H,3-8,10-11,18-19,24H2,1-2H3. The molecule has 196 valence electrons. The second-order valence-electron chi connectivity index (χ2n) is 11.0. The number of para-hydroxylation sites is 1. The van der Waals surface area contributed by atoms with Gasteiger partial charge in [-0.05, 0) is 78.6 Å². The summed E-state index contributed by atoms with van der Waals surface area (Å²) >= 11 is 0. The highest BCUT2D eigenvalue weighted by molar-refractivity contribution is 6.09. The molecule has 1 nitrogen and oxygen atoms in total. The van der Waals surface area contributed by atoms with Gasteiger partial charge in [-0.25, -0.2) is 0 Å². The van der Waals surface area contributed by atoms with Crippen LogP contribution >= 0.6 is 0 Å². The predicted octanol–water partition coefficient (Wildman–Crippen LogP) is 10.6. The Morgan fingerprint density at radius 1 is 0.474 bits per heavy atom. The van der Waals surface area contributed by atoms with Crippen molar-refractivity contribution in [3.63, 3.8) is 0 Å². The smallest absolute Gasteiger partial charge is 0.0543 e. The molecule has 5 rings (SSSR count). The number of hydrogen-bond acceptors (Lipinski definition) is 0. The van der Waals surface area contributed by atoms with Gasteiger partial charge in [-0.15, -0.1) is 0 Å². The number of aryl methyl sites for hydroxylation is 2. The lowest BCUT2D eigenvalue weighted by Crippen LogP contribution is -2.00. The Bertz CT molecular complexity index is 1430. The first kappa shape index (κ1) is 26.3. The van der Waals surface area contributed by atoms with Gasteiger partial charge in [-0.3, -0.25) is 0 Å². The highest BCUT2D eigenvalue weighted by Crippen LogP contribution is 2.34. The lowest BCUT2D eigenvalue weighted by atomic mass is 9.99. The van der Waals surface area contributed by atoms with Gasteiger partial charge in [0.25, 0.3) is 0 Å². The van der Waals surface area contributed by atoms with Gasteiger partial charge >= 0.3 is 0 Å². The summed E-state index contributed by atoms with van der Waals surface area (Å²) in [5, 5.41) is 2.68. The van der Waals surface area contributed by atoms with E-state index in [1.165, 1.54) is 114 Å². The molecule has 4 aromatic carbocycles. The molecular formula is C37H43N. The summed E-state index contributed by atoms with van der Waals surface area (Å²) in [7, 11) is 0. The second-order valence-corrected chi connectivity index (χ2v) is 11.0. The van der Waals surface area contributed by atoms with Crippen LogP contribution in [0.3, 0.4) is 0 Å². The highest BCUT2D eigenvalue weighted by Gasteiger charge is 2.14. The van der Waals surface area contributed by atoms with E-state index in [1.807, 2.05) is 0 Å². The van der Waals surface area contributed by atoms with Crippen LogP contribution in [-0.2, 0) is 19.3 Å². The average molecular weight is 502 g/mol. The Morgan fingerprint density at radius 3 is 1.79 bits per heavy atom. The molecule has 0 saturated carbocycles. The molecule has 0 aliphatic rings. The number of fused-ring (bicyclic) bond motifs is 3.